The molecule has 1 aliphatic heterocycles. The molecule has 178 valence electrons. The number of hydrogen-bond acceptors (Lipinski definition) is 4. The van der Waals surface area contributed by atoms with E-state index in [4.69, 9.17) is 11.6 Å². The predicted molar refractivity (Wildman–Crippen MR) is 138 cm³/mol. The van der Waals surface area contributed by atoms with Crippen molar-refractivity contribution in [1.29, 1.82) is 0 Å². The molecule has 0 aliphatic carbocycles. The smallest absolute Gasteiger partial charge is 0.274 e. The second-order valence-electron chi connectivity index (χ2n) is 8.83. The highest BCUT2D eigenvalue weighted by atomic mass is 35.5. The predicted octanol–water partition coefficient (Wildman–Crippen LogP) is 4.46. The molecule has 8 heteroatoms. The van der Waals surface area contributed by atoms with Gasteiger partial charge >= 0.3 is 0 Å². The van der Waals surface area contributed by atoms with Crippen LogP contribution in [-0.2, 0) is 19.5 Å². The first-order valence-corrected chi connectivity index (χ1v) is 12.1. The van der Waals surface area contributed by atoms with Gasteiger partial charge in [-0.05, 0) is 47.5 Å². The molecule has 1 amide bonds. The Balaban J connectivity index is 1.42. The second kappa shape index (κ2) is 9.09. The first kappa shape index (κ1) is 22.2. The first-order valence-electron chi connectivity index (χ1n) is 11.7. The lowest BCUT2D eigenvalue weighted by Crippen LogP contribution is -2.39. The maximum Gasteiger partial charge on any atom is 0.274 e. The van der Waals surface area contributed by atoms with Crippen molar-refractivity contribution in [2.45, 2.75) is 19.5 Å². The molecule has 0 bridgehead atoms. The van der Waals surface area contributed by atoms with Crippen LogP contribution in [0.2, 0.25) is 5.02 Å². The number of carbonyl (C=O) groups is 1. The SMILES string of the molecule is O=C(c1cn2ccccc2n1)N1CCc2c(cc(-c3ccccc3Cl)c(=O)n2Cc2ccncc2)C1. The van der Waals surface area contributed by atoms with Crippen LogP contribution in [0.3, 0.4) is 0 Å². The van der Waals surface area contributed by atoms with Crippen molar-refractivity contribution >= 4 is 23.2 Å². The lowest BCUT2D eigenvalue weighted by molar-refractivity contribution is 0.0727. The summed E-state index contributed by atoms with van der Waals surface area (Å²) in [7, 11) is 0. The minimum Gasteiger partial charge on any atom is -0.332 e. The molecule has 0 fully saturated rings. The van der Waals surface area contributed by atoms with Crippen molar-refractivity contribution in [3.05, 3.63) is 123 Å². The fourth-order valence-electron chi connectivity index (χ4n) is 4.80. The maximum absolute atomic E-state index is 13.7. The van der Waals surface area contributed by atoms with E-state index in [9.17, 15) is 9.59 Å². The number of halogens is 1. The fourth-order valence-corrected chi connectivity index (χ4v) is 5.04. The Bertz CT molecular complexity index is 1630. The van der Waals surface area contributed by atoms with Crippen LogP contribution in [0.1, 0.15) is 27.3 Å². The van der Waals surface area contributed by atoms with Gasteiger partial charge in [0.25, 0.3) is 11.5 Å². The molecular weight excluding hydrogens is 474 g/mol. The number of pyridine rings is 3. The Morgan fingerprint density at radius 1 is 1.00 bits per heavy atom. The summed E-state index contributed by atoms with van der Waals surface area (Å²) in [6, 6.07) is 18.7. The summed E-state index contributed by atoms with van der Waals surface area (Å²) in [6.07, 6.45) is 7.64. The fraction of sp³-hybridized carbons (Fsp3) is 0.143. The minimum absolute atomic E-state index is 0.0983. The van der Waals surface area contributed by atoms with Crippen molar-refractivity contribution in [2.24, 2.45) is 0 Å². The van der Waals surface area contributed by atoms with Crippen LogP contribution < -0.4 is 5.56 Å². The maximum atomic E-state index is 13.7. The number of hydrogen-bond donors (Lipinski definition) is 0. The number of amides is 1. The Labute approximate surface area is 212 Å². The van der Waals surface area contributed by atoms with E-state index in [0.717, 1.165) is 22.5 Å². The number of benzene rings is 1. The molecule has 0 spiro atoms. The zero-order chi connectivity index (χ0) is 24.6. The summed E-state index contributed by atoms with van der Waals surface area (Å²) >= 11 is 6.49. The lowest BCUT2D eigenvalue weighted by atomic mass is 9.98. The minimum atomic E-state index is -0.129. The molecule has 5 heterocycles. The number of imidazole rings is 1. The van der Waals surface area contributed by atoms with Crippen molar-refractivity contribution in [3.8, 4) is 11.1 Å². The molecule has 0 unspecified atom stereocenters. The van der Waals surface area contributed by atoms with Gasteiger partial charge in [0.05, 0.1) is 6.54 Å². The summed E-state index contributed by atoms with van der Waals surface area (Å²) in [5.74, 6) is -0.129. The molecular formula is C28H22ClN5O2. The summed E-state index contributed by atoms with van der Waals surface area (Å²) in [5.41, 5.74) is 5.09. The first-order chi connectivity index (χ1) is 17.6. The van der Waals surface area contributed by atoms with Gasteiger partial charge in [-0.25, -0.2) is 4.98 Å². The quantitative estimate of drug-likeness (QED) is 0.369. The molecule has 6 rings (SSSR count). The normalized spacial score (nSPS) is 13.1. The third-order valence-electron chi connectivity index (χ3n) is 6.59. The topological polar surface area (TPSA) is 72.5 Å². The van der Waals surface area contributed by atoms with E-state index < -0.39 is 0 Å². The Hall–Kier alpha value is -4.23. The summed E-state index contributed by atoms with van der Waals surface area (Å²) in [4.78, 5) is 37.5. The van der Waals surface area contributed by atoms with Gasteiger partial charge in [0.15, 0.2) is 0 Å². The van der Waals surface area contributed by atoms with Crippen LogP contribution >= 0.6 is 11.6 Å². The van der Waals surface area contributed by atoms with Gasteiger partial charge in [0, 0.05) is 66.1 Å². The van der Waals surface area contributed by atoms with Crippen LogP contribution in [0, 0.1) is 0 Å². The monoisotopic (exact) mass is 495 g/mol. The number of fused-ring (bicyclic) bond motifs is 2. The molecule has 0 radical (unpaired) electrons. The van der Waals surface area contributed by atoms with Crippen molar-refractivity contribution < 1.29 is 4.79 Å². The standard InChI is InChI=1S/C28H22ClN5O2/c29-23-6-2-1-5-21(23)22-15-20-17-33(28(36)24-18-32-13-4-3-7-26(32)31-24)14-10-25(20)34(27(22)35)16-19-8-11-30-12-9-19/h1-9,11-13,15,18H,10,14,16-17H2. The molecule has 5 aromatic rings. The van der Waals surface area contributed by atoms with E-state index in [1.165, 1.54) is 0 Å². The average molecular weight is 496 g/mol. The van der Waals surface area contributed by atoms with E-state index in [1.54, 1.807) is 29.6 Å². The van der Waals surface area contributed by atoms with Crippen LogP contribution in [0.4, 0.5) is 0 Å². The number of carbonyl (C=O) groups excluding carboxylic acids is 1. The van der Waals surface area contributed by atoms with E-state index in [-0.39, 0.29) is 11.5 Å². The molecule has 0 saturated heterocycles. The highest BCUT2D eigenvalue weighted by molar-refractivity contribution is 6.33. The molecule has 0 saturated carbocycles. The van der Waals surface area contributed by atoms with Crippen LogP contribution in [0.15, 0.2) is 90.2 Å². The molecule has 1 aromatic carbocycles. The third-order valence-corrected chi connectivity index (χ3v) is 6.92. The zero-order valence-corrected chi connectivity index (χ0v) is 20.1. The Morgan fingerprint density at radius 2 is 1.81 bits per heavy atom. The second-order valence-corrected chi connectivity index (χ2v) is 9.23. The summed E-state index contributed by atoms with van der Waals surface area (Å²) in [5, 5.41) is 0.512. The lowest BCUT2D eigenvalue weighted by Gasteiger charge is -2.31. The average Bonchev–Trinajstić information content (AvgIpc) is 3.35. The molecule has 4 aromatic heterocycles. The van der Waals surface area contributed by atoms with E-state index in [0.29, 0.717) is 47.9 Å². The largest absolute Gasteiger partial charge is 0.332 e. The molecule has 1 aliphatic rings. The van der Waals surface area contributed by atoms with Crippen molar-refractivity contribution in [1.82, 2.24) is 23.8 Å². The van der Waals surface area contributed by atoms with Gasteiger partial charge in [-0.1, -0.05) is 35.9 Å². The Kier molecular flexibility index (Phi) is 5.62. The number of nitrogens with zero attached hydrogens (tertiary/aromatic N) is 5. The third kappa shape index (κ3) is 3.97. The summed E-state index contributed by atoms with van der Waals surface area (Å²) in [6.45, 7) is 1.30. The Morgan fingerprint density at radius 3 is 2.61 bits per heavy atom. The van der Waals surface area contributed by atoms with Gasteiger partial charge in [0.1, 0.15) is 11.3 Å². The van der Waals surface area contributed by atoms with E-state index >= 15 is 0 Å². The molecule has 36 heavy (non-hydrogen) atoms. The molecule has 7 nitrogen and oxygen atoms in total. The van der Waals surface area contributed by atoms with Gasteiger partial charge < -0.3 is 13.9 Å². The highest BCUT2D eigenvalue weighted by Crippen LogP contribution is 2.29. The van der Waals surface area contributed by atoms with Crippen molar-refractivity contribution in [3.63, 3.8) is 0 Å². The van der Waals surface area contributed by atoms with E-state index in [2.05, 4.69) is 9.97 Å². The van der Waals surface area contributed by atoms with Gasteiger partial charge in [0.2, 0.25) is 0 Å². The van der Waals surface area contributed by atoms with E-state index in [1.807, 2.05) is 69.8 Å². The van der Waals surface area contributed by atoms with Gasteiger partial charge in [-0.15, -0.1) is 0 Å². The number of aromatic nitrogens is 4. The summed E-state index contributed by atoms with van der Waals surface area (Å²) < 4.78 is 3.66. The van der Waals surface area contributed by atoms with Crippen LogP contribution in [-0.4, -0.2) is 36.3 Å². The van der Waals surface area contributed by atoms with Crippen LogP contribution in [0.25, 0.3) is 16.8 Å². The van der Waals surface area contributed by atoms with Gasteiger partial charge in [-0.2, -0.15) is 0 Å². The molecule has 0 atom stereocenters. The van der Waals surface area contributed by atoms with Crippen molar-refractivity contribution in [2.75, 3.05) is 6.54 Å². The number of rotatable bonds is 4. The zero-order valence-electron chi connectivity index (χ0n) is 19.3. The van der Waals surface area contributed by atoms with Gasteiger partial charge in [-0.3, -0.25) is 14.6 Å². The van der Waals surface area contributed by atoms with Crippen LogP contribution in [0.5, 0.6) is 0 Å². The highest BCUT2D eigenvalue weighted by Gasteiger charge is 2.27. The molecule has 0 N–H and O–H groups in total.